The number of likely N-dealkylation sites (N-methyl/N-ethyl adjacent to an activating group) is 1. The first-order valence-electron chi connectivity index (χ1n) is 9.88. The molecule has 3 aromatic rings. The molecule has 158 valence electrons. The molecule has 0 fully saturated rings. The Bertz CT molecular complexity index is 1110. The van der Waals surface area contributed by atoms with Crippen molar-refractivity contribution in [3.05, 3.63) is 64.0 Å². The summed E-state index contributed by atoms with van der Waals surface area (Å²) in [7, 11) is 1.57. The van der Waals surface area contributed by atoms with Crippen molar-refractivity contribution < 1.29 is 19.1 Å². The van der Waals surface area contributed by atoms with Crippen molar-refractivity contribution in [3.63, 3.8) is 0 Å². The summed E-state index contributed by atoms with van der Waals surface area (Å²) in [6.07, 6.45) is 0.654. The van der Waals surface area contributed by atoms with E-state index in [9.17, 15) is 14.7 Å². The molecule has 1 aromatic heterocycles. The highest BCUT2D eigenvalue weighted by atomic mass is 16.5. The first kappa shape index (κ1) is 21.4. The van der Waals surface area contributed by atoms with E-state index in [0.717, 1.165) is 16.5 Å². The van der Waals surface area contributed by atoms with Crippen molar-refractivity contribution in [2.24, 2.45) is 0 Å². The number of rotatable bonds is 8. The molecule has 7 heteroatoms. The lowest BCUT2D eigenvalue weighted by Crippen LogP contribution is -2.33. The number of nitrogens with one attached hydrogen (secondary N) is 1. The third kappa shape index (κ3) is 4.99. The second-order valence-electron chi connectivity index (χ2n) is 7.00. The number of fused-ring (bicyclic) bond motifs is 1. The van der Waals surface area contributed by atoms with E-state index in [1.807, 2.05) is 36.9 Å². The van der Waals surface area contributed by atoms with Crippen LogP contribution in [0.1, 0.15) is 25.0 Å². The number of benzene rings is 2. The highest BCUT2D eigenvalue weighted by Crippen LogP contribution is 2.27. The molecular weight excluding hydrogens is 384 g/mol. The second-order valence-corrected chi connectivity index (χ2v) is 7.00. The zero-order chi connectivity index (χ0) is 21.7. The molecule has 0 aliphatic heterocycles. The van der Waals surface area contributed by atoms with Crippen LogP contribution in [0.3, 0.4) is 0 Å². The van der Waals surface area contributed by atoms with Crippen molar-refractivity contribution >= 4 is 22.6 Å². The SMILES string of the molecule is CCc1cc2c(CN(CC)CC(=O)Nc3cccc(OC)c3)cc(=O)oc2cc1O. The number of amides is 1. The maximum Gasteiger partial charge on any atom is 0.336 e. The van der Waals surface area contributed by atoms with Gasteiger partial charge in [-0.1, -0.05) is 19.9 Å². The number of ether oxygens (including phenoxy) is 1. The van der Waals surface area contributed by atoms with Gasteiger partial charge in [-0.25, -0.2) is 4.79 Å². The molecule has 3 rings (SSSR count). The van der Waals surface area contributed by atoms with Crippen molar-refractivity contribution in [2.45, 2.75) is 26.8 Å². The molecular formula is C23H26N2O5. The molecule has 0 unspecified atom stereocenters. The Morgan fingerprint density at radius 1 is 1.17 bits per heavy atom. The summed E-state index contributed by atoms with van der Waals surface area (Å²) in [5.41, 5.74) is 2.04. The number of aryl methyl sites for hydroxylation is 1. The fourth-order valence-electron chi connectivity index (χ4n) is 3.35. The van der Waals surface area contributed by atoms with Crippen LogP contribution >= 0.6 is 0 Å². The summed E-state index contributed by atoms with van der Waals surface area (Å²) in [6.45, 7) is 5.08. The number of phenols is 1. The van der Waals surface area contributed by atoms with E-state index >= 15 is 0 Å². The Hall–Kier alpha value is -3.32. The Kier molecular flexibility index (Phi) is 6.74. The lowest BCUT2D eigenvalue weighted by Gasteiger charge is -2.21. The molecule has 0 saturated heterocycles. The smallest absolute Gasteiger partial charge is 0.336 e. The minimum absolute atomic E-state index is 0.107. The number of hydrogen-bond acceptors (Lipinski definition) is 6. The van der Waals surface area contributed by atoms with Gasteiger partial charge in [0.1, 0.15) is 17.1 Å². The fraction of sp³-hybridized carbons (Fsp3) is 0.304. The van der Waals surface area contributed by atoms with Crippen LogP contribution in [0.2, 0.25) is 0 Å². The normalized spacial score (nSPS) is 11.1. The minimum atomic E-state index is -0.488. The number of aromatic hydroxyl groups is 1. The number of anilines is 1. The van der Waals surface area contributed by atoms with Crippen LogP contribution < -0.4 is 15.7 Å². The summed E-state index contributed by atoms with van der Waals surface area (Å²) >= 11 is 0. The second kappa shape index (κ2) is 9.45. The molecule has 0 radical (unpaired) electrons. The summed E-state index contributed by atoms with van der Waals surface area (Å²) in [5.74, 6) is 0.609. The van der Waals surface area contributed by atoms with E-state index in [-0.39, 0.29) is 18.2 Å². The van der Waals surface area contributed by atoms with E-state index in [1.165, 1.54) is 12.1 Å². The van der Waals surface area contributed by atoms with Crippen LogP contribution in [0.25, 0.3) is 11.0 Å². The summed E-state index contributed by atoms with van der Waals surface area (Å²) in [5, 5.41) is 13.7. The molecule has 0 spiro atoms. The highest BCUT2D eigenvalue weighted by Gasteiger charge is 2.15. The van der Waals surface area contributed by atoms with Crippen LogP contribution in [0.15, 0.2) is 51.7 Å². The quantitative estimate of drug-likeness (QED) is 0.552. The number of carbonyl (C=O) groups excluding carboxylic acids is 1. The predicted octanol–water partition coefficient (Wildman–Crippen LogP) is 3.53. The van der Waals surface area contributed by atoms with E-state index < -0.39 is 5.63 Å². The van der Waals surface area contributed by atoms with Gasteiger partial charge < -0.3 is 19.6 Å². The van der Waals surface area contributed by atoms with E-state index in [4.69, 9.17) is 9.15 Å². The Balaban J connectivity index is 1.80. The molecule has 2 N–H and O–H groups in total. The third-order valence-corrected chi connectivity index (χ3v) is 4.97. The number of hydrogen-bond donors (Lipinski definition) is 2. The van der Waals surface area contributed by atoms with Gasteiger partial charge in [0, 0.05) is 35.8 Å². The minimum Gasteiger partial charge on any atom is -0.508 e. The van der Waals surface area contributed by atoms with Gasteiger partial charge in [-0.3, -0.25) is 9.69 Å². The molecule has 1 amide bonds. The molecule has 0 aliphatic rings. The molecule has 1 heterocycles. The van der Waals surface area contributed by atoms with Crippen LogP contribution in [-0.2, 0) is 17.8 Å². The number of carbonyl (C=O) groups is 1. The first-order chi connectivity index (χ1) is 14.4. The first-order valence-corrected chi connectivity index (χ1v) is 9.88. The average Bonchev–Trinajstić information content (AvgIpc) is 2.72. The molecule has 7 nitrogen and oxygen atoms in total. The monoisotopic (exact) mass is 410 g/mol. The predicted molar refractivity (Wildman–Crippen MR) is 116 cm³/mol. The number of methoxy groups -OCH3 is 1. The summed E-state index contributed by atoms with van der Waals surface area (Å²) in [6, 6.07) is 11.9. The topological polar surface area (TPSA) is 92.0 Å². The summed E-state index contributed by atoms with van der Waals surface area (Å²) < 4.78 is 10.4. The molecule has 0 bridgehead atoms. The Labute approximate surface area is 174 Å². The lowest BCUT2D eigenvalue weighted by atomic mass is 10.0. The largest absolute Gasteiger partial charge is 0.508 e. The van der Waals surface area contributed by atoms with Crippen molar-refractivity contribution in [2.75, 3.05) is 25.5 Å². The van der Waals surface area contributed by atoms with Crippen molar-refractivity contribution in [3.8, 4) is 11.5 Å². The van der Waals surface area contributed by atoms with Gasteiger partial charge in [0.25, 0.3) is 0 Å². The van der Waals surface area contributed by atoms with Gasteiger partial charge >= 0.3 is 5.63 Å². The van der Waals surface area contributed by atoms with Crippen LogP contribution in [0.5, 0.6) is 11.5 Å². The molecule has 30 heavy (non-hydrogen) atoms. The molecule has 0 saturated carbocycles. The Morgan fingerprint density at radius 3 is 2.67 bits per heavy atom. The molecule has 0 atom stereocenters. The third-order valence-electron chi connectivity index (χ3n) is 4.97. The molecule has 2 aromatic carbocycles. The average molecular weight is 410 g/mol. The Morgan fingerprint density at radius 2 is 1.97 bits per heavy atom. The standard InChI is InChI=1S/C23H26N2O5/c1-4-15-9-19-16(10-23(28)30-21(19)12-20(15)26)13-25(5-2)14-22(27)24-17-7-6-8-18(11-17)29-3/h6-12,26H,4-5,13-14H2,1-3H3,(H,24,27). The maximum absolute atomic E-state index is 12.5. The van der Waals surface area contributed by atoms with Gasteiger partial charge in [-0.2, -0.15) is 0 Å². The maximum atomic E-state index is 12.5. The highest BCUT2D eigenvalue weighted by molar-refractivity contribution is 5.92. The van der Waals surface area contributed by atoms with Crippen LogP contribution in [-0.4, -0.2) is 36.1 Å². The van der Waals surface area contributed by atoms with Gasteiger partial charge in [0.05, 0.1) is 13.7 Å². The zero-order valence-electron chi connectivity index (χ0n) is 17.4. The van der Waals surface area contributed by atoms with E-state index in [0.29, 0.717) is 36.5 Å². The summed E-state index contributed by atoms with van der Waals surface area (Å²) in [4.78, 5) is 26.5. The fourth-order valence-corrected chi connectivity index (χ4v) is 3.35. The van der Waals surface area contributed by atoms with Crippen LogP contribution in [0.4, 0.5) is 5.69 Å². The van der Waals surface area contributed by atoms with Crippen molar-refractivity contribution in [1.82, 2.24) is 4.90 Å². The molecule has 0 aliphatic carbocycles. The van der Waals surface area contributed by atoms with Gasteiger partial charge in [-0.05, 0) is 42.3 Å². The number of nitrogens with zero attached hydrogens (tertiary/aromatic N) is 1. The van der Waals surface area contributed by atoms with E-state index in [1.54, 1.807) is 19.2 Å². The zero-order valence-corrected chi connectivity index (χ0v) is 17.4. The van der Waals surface area contributed by atoms with Crippen LogP contribution in [0, 0.1) is 0 Å². The lowest BCUT2D eigenvalue weighted by molar-refractivity contribution is -0.117. The van der Waals surface area contributed by atoms with E-state index in [2.05, 4.69) is 5.32 Å². The number of phenolic OH excluding ortho intramolecular Hbond substituents is 1. The van der Waals surface area contributed by atoms with Crippen molar-refractivity contribution in [1.29, 1.82) is 0 Å². The van der Waals surface area contributed by atoms with Gasteiger partial charge in [0.15, 0.2) is 0 Å². The van der Waals surface area contributed by atoms with Gasteiger partial charge in [-0.15, -0.1) is 0 Å². The van der Waals surface area contributed by atoms with Gasteiger partial charge in [0.2, 0.25) is 5.91 Å².